The molecular formula is C32H31BrN2O3. The van der Waals surface area contributed by atoms with E-state index in [0.717, 1.165) is 42.8 Å². The summed E-state index contributed by atoms with van der Waals surface area (Å²) in [6, 6.07) is 31.9. The van der Waals surface area contributed by atoms with Gasteiger partial charge in [0.2, 0.25) is 5.88 Å². The summed E-state index contributed by atoms with van der Waals surface area (Å²) in [6.07, 6.45) is 0.233. The van der Waals surface area contributed by atoms with Crippen LogP contribution in [0, 0.1) is 5.21 Å². The zero-order valence-corrected chi connectivity index (χ0v) is 23.4. The number of hydrogen-bond acceptors (Lipinski definition) is 4. The molecule has 1 N–H and O–H groups in total. The van der Waals surface area contributed by atoms with E-state index in [-0.39, 0.29) is 13.0 Å². The average molecular weight is 572 g/mol. The third-order valence-corrected chi connectivity index (χ3v) is 7.67. The van der Waals surface area contributed by atoms with Crippen LogP contribution in [0.15, 0.2) is 102 Å². The molecule has 1 heterocycles. The van der Waals surface area contributed by atoms with Gasteiger partial charge < -0.3 is 19.7 Å². The largest absolute Gasteiger partial charge is 0.633 e. The molecule has 1 unspecified atom stereocenters. The Bertz CT molecular complexity index is 1580. The Morgan fingerprint density at radius 1 is 0.921 bits per heavy atom. The first-order chi connectivity index (χ1) is 18.2. The van der Waals surface area contributed by atoms with Crippen molar-refractivity contribution in [1.82, 2.24) is 4.98 Å². The maximum atomic E-state index is 13.0. The quantitative estimate of drug-likeness (QED) is 0.159. The van der Waals surface area contributed by atoms with Crippen LogP contribution in [-0.2, 0) is 5.60 Å². The van der Waals surface area contributed by atoms with Crippen molar-refractivity contribution in [2.45, 2.75) is 17.9 Å². The molecule has 0 spiro atoms. The lowest BCUT2D eigenvalue weighted by molar-refractivity contribution is -0.841. The fraction of sp³-hybridized carbons (Fsp3) is 0.219. The number of methoxy groups -OCH3 is 1. The summed E-state index contributed by atoms with van der Waals surface area (Å²) in [7, 11) is 4.82. The van der Waals surface area contributed by atoms with E-state index in [2.05, 4.69) is 22.0 Å². The van der Waals surface area contributed by atoms with Crippen LogP contribution < -0.4 is 4.74 Å². The predicted octanol–water partition coefficient (Wildman–Crippen LogP) is 7.14. The van der Waals surface area contributed by atoms with Gasteiger partial charge in [0.05, 0.1) is 33.3 Å². The minimum atomic E-state index is -1.45. The SMILES string of the molecule is COc1nc2ccc(Br)cc2cc1[C@@H](c1ccccc1)C(O)(CC[N+](C)(C)[O-])c1cccc2ccccc12. The van der Waals surface area contributed by atoms with E-state index in [1.807, 2.05) is 91.0 Å². The van der Waals surface area contributed by atoms with E-state index >= 15 is 0 Å². The van der Waals surface area contributed by atoms with E-state index in [9.17, 15) is 10.3 Å². The number of fused-ring (bicyclic) bond motifs is 2. The number of ether oxygens (including phenoxy) is 1. The molecule has 0 aliphatic carbocycles. The summed E-state index contributed by atoms with van der Waals surface area (Å²) in [6.45, 7) is 0.220. The van der Waals surface area contributed by atoms with E-state index in [4.69, 9.17) is 9.72 Å². The lowest BCUT2D eigenvalue weighted by Crippen LogP contribution is -2.42. The van der Waals surface area contributed by atoms with Gasteiger partial charge in [-0.2, -0.15) is 0 Å². The van der Waals surface area contributed by atoms with Gasteiger partial charge in [0.15, 0.2) is 0 Å². The lowest BCUT2D eigenvalue weighted by atomic mass is 9.70. The Balaban J connectivity index is 1.84. The number of hydrogen-bond donors (Lipinski definition) is 1. The molecule has 194 valence electrons. The summed E-state index contributed by atoms with van der Waals surface area (Å²) in [4.78, 5) is 4.84. The molecule has 1 aromatic heterocycles. The van der Waals surface area contributed by atoms with Crippen molar-refractivity contribution >= 4 is 37.6 Å². The van der Waals surface area contributed by atoms with Gasteiger partial charge in [0, 0.05) is 27.8 Å². The van der Waals surface area contributed by atoms with Gasteiger partial charge in [-0.3, -0.25) is 0 Å². The Morgan fingerprint density at radius 2 is 1.63 bits per heavy atom. The van der Waals surface area contributed by atoms with Crippen molar-refractivity contribution in [3.63, 3.8) is 0 Å². The normalized spacial score (nSPS) is 14.4. The van der Waals surface area contributed by atoms with Crippen LogP contribution in [0.1, 0.15) is 29.0 Å². The van der Waals surface area contributed by atoms with Crippen LogP contribution in [0.3, 0.4) is 0 Å². The molecular weight excluding hydrogens is 540 g/mol. The maximum Gasteiger partial charge on any atom is 0.217 e. The summed E-state index contributed by atoms with van der Waals surface area (Å²) < 4.78 is 6.27. The predicted molar refractivity (Wildman–Crippen MR) is 157 cm³/mol. The minimum Gasteiger partial charge on any atom is -0.633 e. The number of nitrogens with zero attached hydrogens (tertiary/aromatic N) is 2. The zero-order chi connectivity index (χ0) is 26.9. The van der Waals surface area contributed by atoms with Crippen LogP contribution in [0.5, 0.6) is 5.88 Å². The van der Waals surface area contributed by atoms with Crippen molar-refractivity contribution < 1.29 is 14.5 Å². The molecule has 38 heavy (non-hydrogen) atoms. The molecule has 0 fully saturated rings. The van der Waals surface area contributed by atoms with Gasteiger partial charge in [0.1, 0.15) is 5.60 Å². The van der Waals surface area contributed by atoms with Crippen LogP contribution in [-0.4, -0.2) is 42.5 Å². The maximum absolute atomic E-state index is 13.0. The van der Waals surface area contributed by atoms with Gasteiger partial charge in [-0.05, 0) is 46.2 Å². The topological polar surface area (TPSA) is 65.4 Å². The highest BCUT2D eigenvalue weighted by Crippen LogP contribution is 2.49. The molecule has 0 amide bonds. The number of aliphatic hydroxyl groups is 1. The lowest BCUT2D eigenvalue weighted by Gasteiger charge is -2.42. The van der Waals surface area contributed by atoms with E-state index < -0.39 is 16.2 Å². The van der Waals surface area contributed by atoms with Crippen LogP contribution in [0.4, 0.5) is 0 Å². The molecule has 0 bridgehead atoms. The van der Waals surface area contributed by atoms with Gasteiger partial charge in [-0.1, -0.05) is 88.7 Å². The van der Waals surface area contributed by atoms with E-state index in [1.165, 1.54) is 0 Å². The highest BCUT2D eigenvalue weighted by atomic mass is 79.9. The Kier molecular flexibility index (Phi) is 7.25. The van der Waals surface area contributed by atoms with Crippen molar-refractivity contribution in [1.29, 1.82) is 0 Å². The first-order valence-electron chi connectivity index (χ1n) is 12.6. The third kappa shape index (κ3) is 5.18. The number of benzene rings is 4. The van der Waals surface area contributed by atoms with E-state index in [0.29, 0.717) is 5.88 Å². The van der Waals surface area contributed by atoms with Gasteiger partial charge in [-0.25, -0.2) is 4.98 Å². The van der Waals surface area contributed by atoms with Crippen LogP contribution in [0.25, 0.3) is 21.7 Å². The van der Waals surface area contributed by atoms with Crippen LogP contribution in [0.2, 0.25) is 0 Å². The second-order valence-corrected chi connectivity index (χ2v) is 11.2. The molecule has 0 saturated heterocycles. The molecule has 0 aliphatic rings. The zero-order valence-electron chi connectivity index (χ0n) is 21.8. The fourth-order valence-corrected chi connectivity index (χ4v) is 5.73. The number of pyridine rings is 1. The van der Waals surface area contributed by atoms with Gasteiger partial charge in [0.25, 0.3) is 0 Å². The molecule has 6 heteroatoms. The first-order valence-corrected chi connectivity index (χ1v) is 13.4. The minimum absolute atomic E-state index is 0.220. The number of quaternary nitrogens is 1. The van der Waals surface area contributed by atoms with Gasteiger partial charge in [-0.15, -0.1) is 0 Å². The third-order valence-electron chi connectivity index (χ3n) is 7.17. The summed E-state index contributed by atoms with van der Waals surface area (Å²) in [5.74, 6) is -0.116. The molecule has 2 atom stereocenters. The highest BCUT2D eigenvalue weighted by Gasteiger charge is 2.44. The Labute approximate surface area is 231 Å². The second kappa shape index (κ2) is 10.5. The number of halogens is 1. The second-order valence-electron chi connectivity index (χ2n) is 10.3. The van der Waals surface area contributed by atoms with Crippen molar-refractivity contribution in [3.8, 4) is 5.88 Å². The van der Waals surface area contributed by atoms with Crippen LogP contribution >= 0.6 is 15.9 Å². The number of rotatable bonds is 8. The monoisotopic (exact) mass is 570 g/mol. The molecule has 0 radical (unpaired) electrons. The molecule has 5 rings (SSSR count). The van der Waals surface area contributed by atoms with Crippen molar-refractivity contribution in [2.75, 3.05) is 27.7 Å². The number of hydroxylamine groups is 3. The fourth-order valence-electron chi connectivity index (χ4n) is 5.35. The van der Waals surface area contributed by atoms with Gasteiger partial charge >= 0.3 is 0 Å². The number of aromatic nitrogens is 1. The molecule has 5 aromatic rings. The summed E-state index contributed by atoms with van der Waals surface area (Å²) in [5, 5.41) is 28.8. The first kappa shape index (κ1) is 26.3. The standard InChI is InChI=1S/C32H31BrN2O3/c1-35(2,37)19-18-32(36,28-15-9-13-22-10-7-8-14-26(22)28)30(23-11-5-4-6-12-23)27-21-24-20-25(33)16-17-29(24)34-31(27)38-3/h4-17,20-21,30,36H,18-19H2,1-3H3/t30-,32?/m1/s1. The molecule has 0 aliphatic heterocycles. The summed E-state index contributed by atoms with van der Waals surface area (Å²) >= 11 is 3.58. The molecule has 5 nitrogen and oxygen atoms in total. The molecule has 4 aromatic carbocycles. The Hall–Kier alpha value is -3.29. The molecule has 0 saturated carbocycles. The average Bonchev–Trinajstić information content (AvgIpc) is 2.91. The smallest absolute Gasteiger partial charge is 0.217 e. The highest BCUT2D eigenvalue weighted by molar-refractivity contribution is 9.10. The van der Waals surface area contributed by atoms with Crippen molar-refractivity contribution in [2.24, 2.45) is 0 Å². The Morgan fingerprint density at radius 3 is 2.37 bits per heavy atom. The van der Waals surface area contributed by atoms with Crippen molar-refractivity contribution in [3.05, 3.63) is 123 Å². The summed E-state index contributed by atoms with van der Waals surface area (Å²) in [5.41, 5.74) is 1.79. The van der Waals surface area contributed by atoms with E-state index in [1.54, 1.807) is 21.2 Å².